The lowest BCUT2D eigenvalue weighted by Crippen LogP contribution is -2.14. The van der Waals surface area contributed by atoms with Crippen LogP contribution in [0.3, 0.4) is 0 Å². The Morgan fingerprint density at radius 1 is 1.31 bits per heavy atom. The molecule has 1 unspecified atom stereocenters. The smallest absolute Gasteiger partial charge is 0.0421 e. The molecular formula is C11H14N2. The minimum atomic E-state index is 0.755. The van der Waals surface area contributed by atoms with Gasteiger partial charge < -0.3 is 0 Å². The monoisotopic (exact) mass is 174 g/mol. The van der Waals surface area contributed by atoms with Gasteiger partial charge in [-0.05, 0) is 36.5 Å². The van der Waals surface area contributed by atoms with E-state index in [1.54, 1.807) is 0 Å². The predicted octanol–water partition coefficient (Wildman–Crippen LogP) is 2.30. The number of aromatic nitrogens is 1. The standard InChI is InChI=1S/C11H14N2/c1-9-2-3-11(13-8-9)10-4-6-12-7-5-10/h4-7,9H,2-3,8H2,1H3. The Morgan fingerprint density at radius 2 is 2.08 bits per heavy atom. The van der Waals surface area contributed by atoms with Crippen molar-refractivity contribution in [3.8, 4) is 0 Å². The van der Waals surface area contributed by atoms with E-state index >= 15 is 0 Å². The molecule has 0 aromatic carbocycles. The van der Waals surface area contributed by atoms with Gasteiger partial charge in [-0.25, -0.2) is 0 Å². The van der Waals surface area contributed by atoms with Crippen LogP contribution in [-0.4, -0.2) is 17.2 Å². The van der Waals surface area contributed by atoms with Crippen molar-refractivity contribution < 1.29 is 0 Å². The van der Waals surface area contributed by atoms with Gasteiger partial charge in [-0.3, -0.25) is 9.98 Å². The van der Waals surface area contributed by atoms with Gasteiger partial charge in [-0.2, -0.15) is 0 Å². The van der Waals surface area contributed by atoms with Crippen LogP contribution in [0.15, 0.2) is 29.5 Å². The van der Waals surface area contributed by atoms with Crippen LogP contribution in [0.4, 0.5) is 0 Å². The summed E-state index contributed by atoms with van der Waals surface area (Å²) in [7, 11) is 0. The number of pyridine rings is 1. The van der Waals surface area contributed by atoms with Gasteiger partial charge in [0.05, 0.1) is 0 Å². The summed E-state index contributed by atoms with van der Waals surface area (Å²) < 4.78 is 0. The number of rotatable bonds is 1. The SMILES string of the molecule is CC1CCC(c2ccncc2)=NC1. The summed E-state index contributed by atoms with van der Waals surface area (Å²) in [6.07, 6.45) is 6.04. The van der Waals surface area contributed by atoms with Crippen molar-refractivity contribution >= 4 is 5.71 Å². The molecule has 13 heavy (non-hydrogen) atoms. The Bertz CT molecular complexity index is 303. The lowest BCUT2D eigenvalue weighted by Gasteiger charge is -2.17. The van der Waals surface area contributed by atoms with E-state index in [1.807, 2.05) is 24.5 Å². The van der Waals surface area contributed by atoms with E-state index in [1.165, 1.54) is 17.7 Å². The highest BCUT2D eigenvalue weighted by atomic mass is 14.8. The van der Waals surface area contributed by atoms with Gasteiger partial charge in [-0.15, -0.1) is 0 Å². The van der Waals surface area contributed by atoms with Gasteiger partial charge in [0.15, 0.2) is 0 Å². The third-order valence-corrected chi connectivity index (χ3v) is 2.48. The molecule has 68 valence electrons. The van der Waals surface area contributed by atoms with Crippen LogP contribution in [0.5, 0.6) is 0 Å². The summed E-state index contributed by atoms with van der Waals surface area (Å²) in [5.74, 6) is 0.755. The number of hydrogen-bond acceptors (Lipinski definition) is 2. The van der Waals surface area contributed by atoms with Crippen molar-refractivity contribution in [1.29, 1.82) is 0 Å². The summed E-state index contributed by atoms with van der Waals surface area (Å²) in [6, 6.07) is 4.07. The number of aliphatic imine (C=N–C) groups is 1. The van der Waals surface area contributed by atoms with Crippen LogP contribution >= 0.6 is 0 Å². The molecule has 2 heteroatoms. The number of hydrogen-bond donors (Lipinski definition) is 0. The zero-order valence-electron chi connectivity index (χ0n) is 7.90. The summed E-state index contributed by atoms with van der Waals surface area (Å²) in [6.45, 7) is 3.24. The van der Waals surface area contributed by atoms with Crippen LogP contribution in [0, 0.1) is 5.92 Å². The molecule has 1 aromatic rings. The normalized spacial score (nSPS) is 22.5. The fourth-order valence-corrected chi connectivity index (χ4v) is 1.60. The van der Waals surface area contributed by atoms with Gasteiger partial charge in [0.1, 0.15) is 0 Å². The maximum Gasteiger partial charge on any atom is 0.0421 e. The summed E-state index contributed by atoms with van der Waals surface area (Å²) in [4.78, 5) is 8.57. The van der Waals surface area contributed by atoms with E-state index in [4.69, 9.17) is 0 Å². The Kier molecular flexibility index (Phi) is 2.39. The zero-order chi connectivity index (χ0) is 9.10. The highest BCUT2D eigenvalue weighted by molar-refractivity contribution is 6.00. The summed E-state index contributed by atoms with van der Waals surface area (Å²) >= 11 is 0. The molecule has 2 nitrogen and oxygen atoms in total. The van der Waals surface area contributed by atoms with E-state index in [9.17, 15) is 0 Å². The number of nitrogens with zero attached hydrogens (tertiary/aromatic N) is 2. The quantitative estimate of drug-likeness (QED) is 0.641. The molecular weight excluding hydrogens is 160 g/mol. The van der Waals surface area contributed by atoms with Crippen molar-refractivity contribution in [3.63, 3.8) is 0 Å². The second kappa shape index (κ2) is 3.69. The predicted molar refractivity (Wildman–Crippen MR) is 54.0 cm³/mol. The molecule has 1 atom stereocenters. The molecule has 0 fully saturated rings. The van der Waals surface area contributed by atoms with Gasteiger partial charge in [0.2, 0.25) is 0 Å². The Morgan fingerprint density at radius 3 is 2.69 bits per heavy atom. The molecule has 0 N–H and O–H groups in total. The maximum atomic E-state index is 4.57. The fourth-order valence-electron chi connectivity index (χ4n) is 1.60. The van der Waals surface area contributed by atoms with Crippen LogP contribution < -0.4 is 0 Å². The highest BCUT2D eigenvalue weighted by Gasteiger charge is 2.12. The minimum Gasteiger partial charge on any atom is -0.289 e. The maximum absolute atomic E-state index is 4.57. The van der Waals surface area contributed by atoms with Gasteiger partial charge in [0, 0.05) is 24.7 Å². The van der Waals surface area contributed by atoms with Gasteiger partial charge >= 0.3 is 0 Å². The molecule has 2 rings (SSSR count). The van der Waals surface area contributed by atoms with E-state index in [2.05, 4.69) is 16.9 Å². The zero-order valence-corrected chi connectivity index (χ0v) is 7.90. The molecule has 1 aromatic heterocycles. The van der Waals surface area contributed by atoms with Crippen molar-refractivity contribution in [1.82, 2.24) is 4.98 Å². The van der Waals surface area contributed by atoms with Crippen LogP contribution in [0.1, 0.15) is 25.3 Å². The first-order chi connectivity index (χ1) is 6.36. The average molecular weight is 174 g/mol. The Hall–Kier alpha value is -1.18. The molecule has 0 spiro atoms. The average Bonchev–Trinajstić information content (AvgIpc) is 2.20. The van der Waals surface area contributed by atoms with E-state index < -0.39 is 0 Å². The first-order valence-corrected chi connectivity index (χ1v) is 4.80. The molecule has 0 amide bonds. The van der Waals surface area contributed by atoms with Gasteiger partial charge in [-0.1, -0.05) is 6.92 Å². The molecule has 1 aliphatic rings. The fraction of sp³-hybridized carbons (Fsp3) is 0.455. The Labute approximate surface area is 78.7 Å². The molecule has 0 saturated heterocycles. The lowest BCUT2D eigenvalue weighted by atomic mass is 9.96. The molecule has 1 aliphatic heterocycles. The van der Waals surface area contributed by atoms with E-state index in [0.29, 0.717) is 0 Å². The van der Waals surface area contributed by atoms with Crippen molar-refractivity contribution in [2.75, 3.05) is 6.54 Å². The van der Waals surface area contributed by atoms with Crippen molar-refractivity contribution in [2.45, 2.75) is 19.8 Å². The summed E-state index contributed by atoms with van der Waals surface area (Å²) in [5, 5.41) is 0. The first-order valence-electron chi connectivity index (χ1n) is 4.80. The van der Waals surface area contributed by atoms with Crippen LogP contribution in [0.25, 0.3) is 0 Å². The molecule has 0 saturated carbocycles. The van der Waals surface area contributed by atoms with Gasteiger partial charge in [0.25, 0.3) is 0 Å². The largest absolute Gasteiger partial charge is 0.289 e. The molecule has 2 heterocycles. The van der Waals surface area contributed by atoms with Crippen molar-refractivity contribution in [2.24, 2.45) is 10.9 Å². The second-order valence-electron chi connectivity index (χ2n) is 3.67. The highest BCUT2D eigenvalue weighted by Crippen LogP contribution is 2.16. The molecule has 0 bridgehead atoms. The Balaban J connectivity index is 2.19. The van der Waals surface area contributed by atoms with Crippen LogP contribution in [-0.2, 0) is 0 Å². The topological polar surface area (TPSA) is 25.2 Å². The third-order valence-electron chi connectivity index (χ3n) is 2.48. The third kappa shape index (κ3) is 1.94. The second-order valence-corrected chi connectivity index (χ2v) is 3.67. The first kappa shape index (κ1) is 8.42. The molecule has 0 radical (unpaired) electrons. The van der Waals surface area contributed by atoms with E-state index in [0.717, 1.165) is 18.9 Å². The molecule has 0 aliphatic carbocycles. The summed E-state index contributed by atoms with van der Waals surface area (Å²) in [5.41, 5.74) is 2.49. The van der Waals surface area contributed by atoms with Crippen LogP contribution in [0.2, 0.25) is 0 Å². The minimum absolute atomic E-state index is 0.755. The van der Waals surface area contributed by atoms with E-state index in [-0.39, 0.29) is 0 Å². The lowest BCUT2D eigenvalue weighted by molar-refractivity contribution is 0.538. The van der Waals surface area contributed by atoms with Crippen molar-refractivity contribution in [3.05, 3.63) is 30.1 Å².